The van der Waals surface area contributed by atoms with E-state index < -0.39 is 5.82 Å². The van der Waals surface area contributed by atoms with Crippen LogP contribution in [0.3, 0.4) is 0 Å². The molecule has 0 saturated heterocycles. The smallest absolute Gasteiger partial charge is 0.171 e. The third-order valence-electron chi connectivity index (χ3n) is 5.31. The van der Waals surface area contributed by atoms with Crippen LogP contribution in [-0.4, -0.2) is 22.2 Å². The van der Waals surface area contributed by atoms with Gasteiger partial charge in [-0.25, -0.2) is 9.37 Å². The molecule has 1 unspecified atom stereocenters. The molecule has 2 aromatic heterocycles. The summed E-state index contributed by atoms with van der Waals surface area (Å²) < 4.78 is 14.3. The van der Waals surface area contributed by atoms with Crippen molar-refractivity contribution in [3.05, 3.63) is 76.3 Å². The summed E-state index contributed by atoms with van der Waals surface area (Å²) in [5.41, 5.74) is 17.2. The number of benzene rings is 1. The maximum absolute atomic E-state index is 14.3. The van der Waals surface area contributed by atoms with Crippen molar-refractivity contribution in [2.75, 3.05) is 0 Å². The van der Waals surface area contributed by atoms with E-state index in [2.05, 4.69) is 11.1 Å². The standard InChI is InChI=1S/C23H21ClFN5/c24-15-3-6-19(25)17(10-15)23(28)18(11-26)20-7-8-21-22(30-20)9-14(12-29-21)13-1-4-16(27)5-2-13/h1,3,6-12,16,26H,2,4-5,27-28H2/p+1. The van der Waals surface area contributed by atoms with Crippen LogP contribution in [0.5, 0.6) is 0 Å². The number of hydrogen-bond acceptors (Lipinski definition) is 4. The van der Waals surface area contributed by atoms with E-state index in [1.807, 2.05) is 18.3 Å². The van der Waals surface area contributed by atoms with E-state index in [-0.39, 0.29) is 17.3 Å². The molecule has 4 rings (SSSR count). The first kappa shape index (κ1) is 20.2. The molecule has 0 amide bonds. The van der Waals surface area contributed by atoms with E-state index in [1.54, 1.807) is 6.07 Å². The van der Waals surface area contributed by atoms with E-state index in [1.165, 1.54) is 30.0 Å². The number of nitrogens with two attached hydrogens (primary N) is 3. The monoisotopic (exact) mass is 422 g/mol. The van der Waals surface area contributed by atoms with Crippen LogP contribution in [0.4, 0.5) is 4.39 Å². The summed E-state index contributed by atoms with van der Waals surface area (Å²) in [5.74, 6) is -0.483. The molecule has 0 radical (unpaired) electrons. The molecular weight excluding hydrogens is 401 g/mol. The van der Waals surface area contributed by atoms with Gasteiger partial charge in [0.2, 0.25) is 0 Å². The van der Waals surface area contributed by atoms with Crippen LogP contribution in [0.1, 0.15) is 36.1 Å². The Morgan fingerprint density at radius 3 is 2.77 bits per heavy atom. The molecule has 5 nitrogen and oxygen atoms in total. The molecular formula is C23H22ClFN5+. The SMILES string of the molecule is NC(=C(C=[NH2+])c1ccc2ncc(C3=CCC(N)CC3)cc2n1)c1cc(Cl)ccc1F. The van der Waals surface area contributed by atoms with Crippen LogP contribution >= 0.6 is 11.6 Å². The molecule has 0 aliphatic heterocycles. The number of fused-ring (bicyclic) bond motifs is 1. The van der Waals surface area contributed by atoms with E-state index in [9.17, 15) is 4.39 Å². The van der Waals surface area contributed by atoms with Gasteiger partial charge < -0.3 is 11.5 Å². The van der Waals surface area contributed by atoms with Crippen molar-refractivity contribution in [2.24, 2.45) is 11.5 Å². The summed E-state index contributed by atoms with van der Waals surface area (Å²) in [7, 11) is 0. The molecule has 6 N–H and O–H groups in total. The second-order valence-corrected chi connectivity index (χ2v) is 7.78. The van der Waals surface area contributed by atoms with Gasteiger partial charge in [0.25, 0.3) is 0 Å². The second kappa shape index (κ2) is 8.34. The molecule has 3 aromatic rings. The van der Waals surface area contributed by atoms with Crippen LogP contribution in [-0.2, 0) is 0 Å². The summed E-state index contributed by atoms with van der Waals surface area (Å²) >= 11 is 6.01. The summed E-state index contributed by atoms with van der Waals surface area (Å²) in [6, 6.07) is 10.0. The highest BCUT2D eigenvalue weighted by Crippen LogP contribution is 2.29. The first-order chi connectivity index (χ1) is 14.5. The van der Waals surface area contributed by atoms with Crippen LogP contribution in [0, 0.1) is 5.82 Å². The normalized spacial score (nSPS) is 17.4. The molecule has 1 aliphatic rings. The Kier molecular flexibility index (Phi) is 5.61. The Morgan fingerprint density at radius 1 is 1.20 bits per heavy atom. The van der Waals surface area contributed by atoms with E-state index in [0.717, 1.165) is 30.3 Å². The van der Waals surface area contributed by atoms with Gasteiger partial charge in [-0.2, -0.15) is 0 Å². The van der Waals surface area contributed by atoms with Crippen molar-refractivity contribution in [1.82, 2.24) is 9.97 Å². The van der Waals surface area contributed by atoms with E-state index in [4.69, 9.17) is 33.5 Å². The highest BCUT2D eigenvalue weighted by atomic mass is 35.5. The van der Waals surface area contributed by atoms with Gasteiger partial charge in [0.05, 0.1) is 28.0 Å². The lowest BCUT2D eigenvalue weighted by molar-refractivity contribution is -0.103. The van der Waals surface area contributed by atoms with Crippen LogP contribution < -0.4 is 16.9 Å². The quantitative estimate of drug-likeness (QED) is 0.562. The number of allylic oxidation sites excluding steroid dienone is 2. The predicted molar refractivity (Wildman–Crippen MR) is 120 cm³/mol. The second-order valence-electron chi connectivity index (χ2n) is 7.34. The predicted octanol–water partition coefficient (Wildman–Crippen LogP) is 2.97. The molecule has 0 bridgehead atoms. The topological polar surface area (TPSA) is 103 Å². The maximum Gasteiger partial charge on any atom is 0.171 e. The lowest BCUT2D eigenvalue weighted by atomic mass is 9.92. The Bertz CT molecular complexity index is 1200. The minimum atomic E-state index is -0.483. The number of nitrogens with zero attached hydrogens (tertiary/aromatic N) is 2. The Labute approximate surface area is 178 Å². The molecule has 0 saturated carbocycles. The fourth-order valence-electron chi connectivity index (χ4n) is 3.61. The fourth-order valence-corrected chi connectivity index (χ4v) is 3.78. The van der Waals surface area contributed by atoms with E-state index >= 15 is 0 Å². The minimum absolute atomic E-state index is 0.164. The first-order valence-corrected chi connectivity index (χ1v) is 10.1. The van der Waals surface area contributed by atoms with E-state index in [0.29, 0.717) is 21.8 Å². The molecule has 1 aromatic carbocycles. The number of aromatic nitrogens is 2. The Balaban J connectivity index is 1.79. The highest BCUT2D eigenvalue weighted by Gasteiger charge is 2.16. The van der Waals surface area contributed by atoms with Crippen molar-refractivity contribution in [2.45, 2.75) is 25.3 Å². The number of pyridine rings is 2. The van der Waals surface area contributed by atoms with Gasteiger partial charge in [-0.3, -0.25) is 10.4 Å². The van der Waals surface area contributed by atoms with Gasteiger partial charge in [-0.1, -0.05) is 17.7 Å². The molecule has 0 fully saturated rings. The van der Waals surface area contributed by atoms with Crippen LogP contribution in [0.15, 0.2) is 48.7 Å². The van der Waals surface area contributed by atoms with Gasteiger partial charge in [-0.05, 0) is 66.8 Å². The molecule has 152 valence electrons. The zero-order valence-electron chi connectivity index (χ0n) is 16.3. The van der Waals surface area contributed by atoms with Crippen molar-refractivity contribution in [1.29, 1.82) is 0 Å². The Morgan fingerprint density at radius 2 is 2.03 bits per heavy atom. The summed E-state index contributed by atoms with van der Waals surface area (Å²) in [6.07, 6.45) is 8.07. The van der Waals surface area contributed by atoms with Gasteiger partial charge in [-0.15, -0.1) is 0 Å². The lowest BCUT2D eigenvalue weighted by Crippen LogP contribution is -2.31. The summed E-state index contributed by atoms with van der Waals surface area (Å²) in [6.45, 7) is 0. The first-order valence-electron chi connectivity index (χ1n) is 9.68. The fraction of sp³-hybridized carbons (Fsp3) is 0.174. The van der Waals surface area contributed by atoms with Crippen molar-refractivity contribution in [3.63, 3.8) is 0 Å². The van der Waals surface area contributed by atoms with Gasteiger partial charge in [0.1, 0.15) is 5.82 Å². The van der Waals surface area contributed by atoms with Gasteiger partial charge >= 0.3 is 0 Å². The number of halogens is 2. The average molecular weight is 423 g/mol. The molecule has 30 heavy (non-hydrogen) atoms. The molecule has 7 heteroatoms. The van der Waals surface area contributed by atoms with Crippen molar-refractivity contribution < 1.29 is 9.80 Å². The molecule has 1 atom stereocenters. The molecule has 1 aliphatic carbocycles. The summed E-state index contributed by atoms with van der Waals surface area (Å²) in [5, 5.41) is 6.22. The number of rotatable bonds is 4. The molecule has 2 heterocycles. The zero-order valence-corrected chi connectivity index (χ0v) is 17.0. The van der Waals surface area contributed by atoms with Gasteiger partial charge in [0.15, 0.2) is 6.21 Å². The minimum Gasteiger partial charge on any atom is -0.397 e. The van der Waals surface area contributed by atoms with Crippen molar-refractivity contribution in [3.8, 4) is 0 Å². The van der Waals surface area contributed by atoms with Crippen LogP contribution in [0.2, 0.25) is 5.02 Å². The average Bonchev–Trinajstić information content (AvgIpc) is 2.76. The molecule has 0 spiro atoms. The number of hydrogen-bond donors (Lipinski definition) is 3. The zero-order chi connectivity index (χ0) is 21.3. The summed E-state index contributed by atoms with van der Waals surface area (Å²) in [4.78, 5) is 9.23. The van der Waals surface area contributed by atoms with Gasteiger partial charge in [0, 0.05) is 22.8 Å². The third kappa shape index (κ3) is 3.97. The van der Waals surface area contributed by atoms with Crippen molar-refractivity contribution >= 4 is 45.7 Å². The lowest BCUT2D eigenvalue weighted by Gasteiger charge is -2.18. The third-order valence-corrected chi connectivity index (χ3v) is 5.55. The maximum atomic E-state index is 14.3. The van der Waals surface area contributed by atoms with Crippen LogP contribution in [0.25, 0.3) is 27.9 Å². The Hall–Kier alpha value is -3.09. The largest absolute Gasteiger partial charge is 0.397 e. The highest BCUT2D eigenvalue weighted by molar-refractivity contribution is 6.30.